The summed E-state index contributed by atoms with van der Waals surface area (Å²) in [5.74, 6) is 0.648. The minimum atomic E-state index is -0.581. The molecule has 2 rings (SSSR count). The van der Waals surface area contributed by atoms with Gasteiger partial charge < -0.3 is 10.0 Å². The number of hydrogen-bond acceptors (Lipinski definition) is 3. The predicted molar refractivity (Wildman–Crippen MR) is 101 cm³/mol. The van der Waals surface area contributed by atoms with Crippen molar-refractivity contribution in [3.8, 4) is 11.3 Å². The molecule has 6 heteroatoms. The van der Waals surface area contributed by atoms with E-state index >= 15 is 0 Å². The number of urea groups is 1. The zero-order valence-electron chi connectivity index (χ0n) is 15.6. The van der Waals surface area contributed by atoms with Gasteiger partial charge in [0.2, 0.25) is 0 Å². The van der Waals surface area contributed by atoms with Crippen LogP contribution in [0.5, 0.6) is 0 Å². The van der Waals surface area contributed by atoms with Gasteiger partial charge in [0, 0.05) is 30.3 Å². The van der Waals surface area contributed by atoms with Crippen LogP contribution in [0.15, 0.2) is 36.4 Å². The van der Waals surface area contributed by atoms with E-state index in [1.54, 1.807) is 16.5 Å². The lowest BCUT2D eigenvalue weighted by molar-refractivity contribution is 0.125. The van der Waals surface area contributed by atoms with Crippen molar-refractivity contribution in [2.24, 2.45) is 0 Å². The molecule has 1 atom stereocenters. The molecular weight excluding hydrogens is 316 g/mol. The fourth-order valence-electron chi connectivity index (χ4n) is 2.63. The molecule has 2 aromatic rings. The smallest absolute Gasteiger partial charge is 0.323 e. The Bertz CT molecular complexity index is 693. The summed E-state index contributed by atoms with van der Waals surface area (Å²) in [5.41, 5.74) is 1.82. The summed E-state index contributed by atoms with van der Waals surface area (Å²) in [6.45, 7) is 9.86. The van der Waals surface area contributed by atoms with Crippen LogP contribution >= 0.6 is 0 Å². The average Bonchev–Trinajstić information content (AvgIpc) is 2.97. The molecule has 6 nitrogen and oxygen atoms in total. The van der Waals surface area contributed by atoms with Gasteiger partial charge in [0.05, 0.1) is 11.8 Å². The fourth-order valence-corrected chi connectivity index (χ4v) is 2.63. The number of anilines is 1. The van der Waals surface area contributed by atoms with Gasteiger partial charge in [0.1, 0.15) is 5.82 Å². The van der Waals surface area contributed by atoms with Crippen molar-refractivity contribution in [2.45, 2.75) is 52.8 Å². The van der Waals surface area contributed by atoms with Crippen LogP contribution in [-0.4, -0.2) is 44.5 Å². The highest BCUT2D eigenvalue weighted by molar-refractivity contribution is 5.89. The van der Waals surface area contributed by atoms with E-state index < -0.39 is 6.10 Å². The van der Waals surface area contributed by atoms with Gasteiger partial charge in [-0.2, -0.15) is 5.10 Å². The summed E-state index contributed by atoms with van der Waals surface area (Å²) >= 11 is 0. The van der Waals surface area contributed by atoms with E-state index in [-0.39, 0.29) is 24.7 Å². The molecule has 0 fully saturated rings. The summed E-state index contributed by atoms with van der Waals surface area (Å²) in [5, 5.41) is 17.2. The van der Waals surface area contributed by atoms with Crippen LogP contribution in [0, 0.1) is 0 Å². The fraction of sp³-hybridized carbons (Fsp3) is 0.474. The van der Waals surface area contributed by atoms with E-state index in [4.69, 9.17) is 0 Å². The van der Waals surface area contributed by atoms with E-state index in [1.165, 1.54) is 0 Å². The lowest BCUT2D eigenvalue weighted by Gasteiger charge is -2.28. The number of benzene rings is 1. The molecule has 0 aliphatic heterocycles. The standard InChI is InChI=1S/C19H28N4O2/c1-13(2)22(12-15(5)24)19(25)20-18-11-17(21-23(18)14(3)4)16-9-7-6-8-10-16/h6-11,13-15,24H,12H2,1-5H3,(H,20,25). The lowest BCUT2D eigenvalue weighted by atomic mass is 10.2. The number of rotatable bonds is 6. The van der Waals surface area contributed by atoms with Gasteiger partial charge >= 0.3 is 6.03 Å². The molecule has 2 N–H and O–H groups in total. The maximum atomic E-state index is 12.7. The van der Waals surface area contributed by atoms with Gasteiger partial charge in [-0.3, -0.25) is 5.32 Å². The zero-order chi connectivity index (χ0) is 18.6. The Morgan fingerprint density at radius 2 is 1.84 bits per heavy atom. The molecule has 0 radical (unpaired) electrons. The van der Waals surface area contributed by atoms with Crippen molar-refractivity contribution in [3.63, 3.8) is 0 Å². The van der Waals surface area contributed by atoms with Crippen molar-refractivity contribution in [1.82, 2.24) is 14.7 Å². The maximum absolute atomic E-state index is 12.7. The maximum Gasteiger partial charge on any atom is 0.323 e. The van der Waals surface area contributed by atoms with E-state index in [9.17, 15) is 9.90 Å². The summed E-state index contributed by atoms with van der Waals surface area (Å²) in [7, 11) is 0. The quantitative estimate of drug-likeness (QED) is 0.838. The van der Waals surface area contributed by atoms with Crippen molar-refractivity contribution in [1.29, 1.82) is 0 Å². The highest BCUT2D eigenvalue weighted by atomic mass is 16.3. The monoisotopic (exact) mass is 344 g/mol. The molecule has 136 valence electrons. The zero-order valence-corrected chi connectivity index (χ0v) is 15.6. The number of amides is 2. The van der Waals surface area contributed by atoms with Crippen molar-refractivity contribution in [2.75, 3.05) is 11.9 Å². The van der Waals surface area contributed by atoms with Crippen LogP contribution in [0.2, 0.25) is 0 Å². The molecule has 2 amide bonds. The topological polar surface area (TPSA) is 70.4 Å². The molecular formula is C19H28N4O2. The first-order valence-electron chi connectivity index (χ1n) is 8.70. The van der Waals surface area contributed by atoms with E-state index in [1.807, 2.05) is 64.1 Å². The third kappa shape index (κ3) is 4.82. The Morgan fingerprint density at radius 1 is 1.20 bits per heavy atom. The van der Waals surface area contributed by atoms with Crippen LogP contribution in [-0.2, 0) is 0 Å². The third-order valence-electron chi connectivity index (χ3n) is 3.87. The average molecular weight is 344 g/mol. The molecule has 1 heterocycles. The van der Waals surface area contributed by atoms with Gasteiger partial charge in [0.15, 0.2) is 0 Å². The number of nitrogens with one attached hydrogen (secondary N) is 1. The minimum Gasteiger partial charge on any atom is -0.392 e. The normalized spacial score (nSPS) is 12.5. The number of aliphatic hydroxyl groups is 1. The van der Waals surface area contributed by atoms with Crippen LogP contribution in [0.25, 0.3) is 11.3 Å². The van der Waals surface area contributed by atoms with Crippen LogP contribution < -0.4 is 5.32 Å². The predicted octanol–water partition coefficient (Wildman–Crippen LogP) is 3.75. The number of aromatic nitrogens is 2. The Kier molecular flexibility index (Phi) is 6.20. The summed E-state index contributed by atoms with van der Waals surface area (Å²) < 4.78 is 1.81. The largest absolute Gasteiger partial charge is 0.392 e. The Balaban J connectivity index is 2.28. The first-order valence-corrected chi connectivity index (χ1v) is 8.70. The van der Waals surface area contributed by atoms with E-state index in [2.05, 4.69) is 10.4 Å². The molecule has 25 heavy (non-hydrogen) atoms. The number of hydrogen-bond donors (Lipinski definition) is 2. The van der Waals surface area contributed by atoms with Crippen molar-refractivity contribution < 1.29 is 9.90 Å². The summed E-state index contributed by atoms with van der Waals surface area (Å²) in [4.78, 5) is 14.3. The van der Waals surface area contributed by atoms with E-state index in [0.717, 1.165) is 11.3 Å². The molecule has 0 aliphatic rings. The molecule has 0 spiro atoms. The molecule has 0 saturated heterocycles. The lowest BCUT2D eigenvalue weighted by Crippen LogP contribution is -2.44. The number of aliphatic hydroxyl groups excluding tert-OH is 1. The number of carbonyl (C=O) groups excluding carboxylic acids is 1. The van der Waals surface area contributed by atoms with E-state index in [0.29, 0.717) is 5.82 Å². The van der Waals surface area contributed by atoms with Gasteiger partial charge in [0.25, 0.3) is 0 Å². The molecule has 0 bridgehead atoms. The van der Waals surface area contributed by atoms with Crippen LogP contribution in [0.4, 0.5) is 10.6 Å². The SMILES string of the molecule is CC(O)CN(C(=O)Nc1cc(-c2ccccc2)nn1C(C)C)C(C)C. The second-order valence-electron chi connectivity index (χ2n) is 6.84. The molecule has 0 aliphatic carbocycles. The Labute approximate surface area is 149 Å². The second-order valence-corrected chi connectivity index (χ2v) is 6.84. The van der Waals surface area contributed by atoms with Gasteiger partial charge in [-0.25, -0.2) is 9.48 Å². The minimum absolute atomic E-state index is 0.0152. The molecule has 1 aromatic heterocycles. The molecule has 1 aromatic carbocycles. The van der Waals surface area contributed by atoms with Crippen LogP contribution in [0.3, 0.4) is 0 Å². The Hall–Kier alpha value is -2.34. The number of carbonyl (C=O) groups is 1. The third-order valence-corrected chi connectivity index (χ3v) is 3.87. The number of nitrogens with zero attached hydrogens (tertiary/aromatic N) is 3. The van der Waals surface area contributed by atoms with Gasteiger partial charge in [-0.1, -0.05) is 30.3 Å². The van der Waals surface area contributed by atoms with Crippen LogP contribution in [0.1, 0.15) is 40.7 Å². The summed E-state index contributed by atoms with van der Waals surface area (Å²) in [6, 6.07) is 11.6. The summed E-state index contributed by atoms with van der Waals surface area (Å²) in [6.07, 6.45) is -0.581. The van der Waals surface area contributed by atoms with Gasteiger partial charge in [-0.05, 0) is 34.6 Å². The second kappa shape index (κ2) is 8.16. The highest BCUT2D eigenvalue weighted by Crippen LogP contribution is 2.24. The van der Waals surface area contributed by atoms with Crippen molar-refractivity contribution in [3.05, 3.63) is 36.4 Å². The van der Waals surface area contributed by atoms with Crippen molar-refractivity contribution >= 4 is 11.8 Å². The Morgan fingerprint density at radius 3 is 2.36 bits per heavy atom. The molecule has 0 saturated carbocycles. The highest BCUT2D eigenvalue weighted by Gasteiger charge is 2.21. The first kappa shape index (κ1) is 19.0. The van der Waals surface area contributed by atoms with Gasteiger partial charge in [-0.15, -0.1) is 0 Å². The molecule has 1 unspecified atom stereocenters. The first-order chi connectivity index (χ1) is 11.8.